The Labute approximate surface area is 432 Å². The van der Waals surface area contributed by atoms with Gasteiger partial charge in [0.05, 0.1) is 43.9 Å². The summed E-state index contributed by atoms with van der Waals surface area (Å²) in [6.07, 6.45) is 1.10. The number of hydrogen-bond acceptors (Lipinski definition) is 5. The molecule has 1 aliphatic carbocycles. The van der Waals surface area contributed by atoms with Gasteiger partial charge in [-0.3, -0.25) is 14.9 Å². The van der Waals surface area contributed by atoms with Crippen molar-refractivity contribution in [3.8, 4) is 33.6 Å². The Hall–Kier alpha value is -4.54. The number of aromatic nitrogens is 2. The second kappa shape index (κ2) is 19.4. The molecule has 60 heavy (non-hydrogen) atoms. The van der Waals surface area contributed by atoms with Gasteiger partial charge < -0.3 is 20.7 Å². The number of fused-ring (bicyclic) bond motifs is 9. The molecule has 282 valence electrons. The SMILES string of the molecule is O=CO[O-].O=[N+]([O-])c1cc(-n2c3ccccc3c3ccccc32)c(-n2c3ccccc3c3ccccc32)cc1-c1ccccc1.[H-].[K+].[K+].c1ccc2c(c1)Cc1ccccc1-2. The predicted octanol–water partition coefficient (Wildman–Crippen LogP) is 5.27. The quantitative estimate of drug-likeness (QED) is 0.0774. The van der Waals surface area contributed by atoms with Gasteiger partial charge in [-0.1, -0.05) is 152 Å². The standard InChI is InChI=1S/C36H23N3O2.C13H10.CH2O3.2K.H/c40-39(41)34-23-36(38-32-20-10-6-16-27(32)28-17-7-11-21-33(28)38)35(22-29(34)24-12-2-1-3-13-24)37-30-18-8-4-14-25(30)26-15-5-9-19-31(26)37;1-3-7-12-10(5-1)9-11-6-2-4-8-13(11)12;2-1-4-3;;;/h1-23H;1-8H,9H2;1,3H;;;/q;;;2*+1;-1/p-1. The predicted molar refractivity (Wildman–Crippen MR) is 230 cm³/mol. The Bertz CT molecular complexity index is 3020. The summed E-state index contributed by atoms with van der Waals surface area (Å²) < 4.78 is 4.42. The van der Waals surface area contributed by atoms with Crippen molar-refractivity contribution < 1.29 is 124 Å². The molecule has 0 spiro atoms. The van der Waals surface area contributed by atoms with Crippen LogP contribution in [0.2, 0.25) is 0 Å². The molecule has 0 N–H and O–H groups in total. The monoisotopic (exact) mass is 835 g/mol. The van der Waals surface area contributed by atoms with E-state index < -0.39 is 0 Å². The van der Waals surface area contributed by atoms with Crippen LogP contribution in [0.15, 0.2) is 188 Å². The zero-order chi connectivity index (χ0) is 39.6. The molecule has 1 aliphatic rings. The van der Waals surface area contributed by atoms with Crippen molar-refractivity contribution >= 4 is 55.8 Å². The van der Waals surface area contributed by atoms with Gasteiger partial charge in [0.15, 0.2) is 0 Å². The van der Waals surface area contributed by atoms with E-state index in [1.807, 2.05) is 72.8 Å². The molecule has 0 amide bonds. The van der Waals surface area contributed by atoms with Crippen molar-refractivity contribution in [1.82, 2.24) is 9.13 Å². The Balaban J connectivity index is 0.000000261. The number of para-hydroxylation sites is 4. The van der Waals surface area contributed by atoms with E-state index in [1.165, 1.54) is 22.3 Å². The van der Waals surface area contributed by atoms with Crippen molar-refractivity contribution in [2.45, 2.75) is 6.42 Å². The van der Waals surface area contributed by atoms with Crippen LogP contribution in [0.25, 0.3) is 77.2 Å². The summed E-state index contributed by atoms with van der Waals surface area (Å²) in [6, 6.07) is 63.9. The fourth-order valence-corrected chi connectivity index (χ4v) is 8.37. The van der Waals surface area contributed by atoms with Crippen molar-refractivity contribution in [2.24, 2.45) is 0 Å². The van der Waals surface area contributed by atoms with Gasteiger partial charge in [0.25, 0.3) is 12.2 Å². The van der Waals surface area contributed by atoms with Gasteiger partial charge in [0.1, 0.15) is 0 Å². The van der Waals surface area contributed by atoms with Crippen LogP contribution >= 0.6 is 0 Å². The summed E-state index contributed by atoms with van der Waals surface area (Å²) in [4.78, 5) is 23.6. The third kappa shape index (κ3) is 8.14. The summed E-state index contributed by atoms with van der Waals surface area (Å²) in [6.45, 7) is -0.181. The van der Waals surface area contributed by atoms with Crippen LogP contribution in [0.1, 0.15) is 12.6 Å². The van der Waals surface area contributed by atoms with Gasteiger partial charge in [0, 0.05) is 27.6 Å². The zero-order valence-electron chi connectivity index (χ0n) is 34.1. The Morgan fingerprint density at radius 2 is 0.850 bits per heavy atom. The minimum atomic E-state index is -0.268. The van der Waals surface area contributed by atoms with Gasteiger partial charge in [-0.2, -0.15) is 0 Å². The molecular weight excluding hydrogens is 801 g/mol. The van der Waals surface area contributed by atoms with Crippen molar-refractivity contribution in [2.75, 3.05) is 0 Å². The maximum absolute atomic E-state index is 12.7. The summed E-state index contributed by atoms with van der Waals surface area (Å²) >= 11 is 0. The molecule has 2 aromatic heterocycles. The number of hydrogen-bond donors (Lipinski definition) is 0. The number of nitro groups is 1. The van der Waals surface area contributed by atoms with Crippen LogP contribution in [0.3, 0.4) is 0 Å². The van der Waals surface area contributed by atoms with E-state index in [9.17, 15) is 10.1 Å². The Morgan fingerprint density at radius 1 is 0.500 bits per heavy atom. The van der Waals surface area contributed by atoms with Crippen molar-refractivity contribution in [3.05, 3.63) is 209 Å². The fraction of sp³-hybridized carbons (Fsp3) is 0.0200. The van der Waals surface area contributed by atoms with Crippen LogP contribution in [-0.2, 0) is 16.1 Å². The van der Waals surface area contributed by atoms with E-state index in [2.05, 4.69) is 123 Å². The van der Waals surface area contributed by atoms with E-state index in [-0.39, 0.29) is 121 Å². The molecule has 0 atom stereocenters. The number of carbonyl (C=O) groups is 1. The van der Waals surface area contributed by atoms with Crippen LogP contribution in [0, 0.1) is 10.1 Å². The first-order valence-corrected chi connectivity index (χ1v) is 18.8. The molecule has 2 heterocycles. The summed E-state index contributed by atoms with van der Waals surface area (Å²) in [5, 5.41) is 25.6. The molecule has 11 rings (SSSR count). The number of nitro benzene ring substituents is 1. The average molecular weight is 836 g/mol. The number of rotatable bonds is 5. The fourth-order valence-electron chi connectivity index (χ4n) is 8.37. The molecule has 0 bridgehead atoms. The van der Waals surface area contributed by atoms with Gasteiger partial charge in [-0.25, -0.2) is 0 Å². The molecule has 0 saturated heterocycles. The van der Waals surface area contributed by atoms with Crippen LogP contribution in [-0.4, -0.2) is 20.5 Å². The molecule has 0 saturated carbocycles. The maximum Gasteiger partial charge on any atom is 1.00 e. The van der Waals surface area contributed by atoms with Crippen LogP contribution < -0.4 is 108 Å². The van der Waals surface area contributed by atoms with Crippen LogP contribution in [0.4, 0.5) is 5.69 Å². The summed E-state index contributed by atoms with van der Waals surface area (Å²) in [5.41, 5.74) is 12.9. The van der Waals surface area contributed by atoms with Gasteiger partial charge >= 0.3 is 103 Å². The smallest absolute Gasteiger partial charge is 1.00 e. The number of carbonyl (C=O) groups excluding carboxylic acids is 1. The molecular formula is C50H35K2N3O5. The first kappa shape index (κ1) is 43.5. The normalized spacial score (nSPS) is 10.9. The molecule has 10 heteroatoms. The minimum absolute atomic E-state index is 0. The van der Waals surface area contributed by atoms with Gasteiger partial charge in [-0.05, 0) is 64.6 Å². The van der Waals surface area contributed by atoms with Crippen molar-refractivity contribution in [1.29, 1.82) is 0 Å². The van der Waals surface area contributed by atoms with Crippen molar-refractivity contribution in [3.63, 3.8) is 0 Å². The van der Waals surface area contributed by atoms with E-state index in [4.69, 9.17) is 10.1 Å². The van der Waals surface area contributed by atoms with E-state index >= 15 is 0 Å². The molecule has 0 aliphatic heterocycles. The first-order chi connectivity index (χ1) is 28.6. The minimum Gasteiger partial charge on any atom is -1.00 e. The molecule has 0 fully saturated rings. The molecule has 0 unspecified atom stereocenters. The third-order valence-corrected chi connectivity index (χ3v) is 10.8. The topological polar surface area (TPSA) is 102 Å². The Morgan fingerprint density at radius 3 is 1.25 bits per heavy atom. The van der Waals surface area contributed by atoms with E-state index in [1.54, 1.807) is 6.07 Å². The Kier molecular flexibility index (Phi) is 14.1. The molecule has 8 aromatic carbocycles. The zero-order valence-corrected chi connectivity index (χ0v) is 39.3. The summed E-state index contributed by atoms with van der Waals surface area (Å²) in [5.74, 6) is 0. The van der Waals surface area contributed by atoms with Gasteiger partial charge in [-0.15, -0.1) is 0 Å². The molecule has 0 radical (unpaired) electrons. The maximum atomic E-state index is 12.7. The molecule has 8 nitrogen and oxygen atoms in total. The number of benzene rings is 8. The van der Waals surface area contributed by atoms with Crippen LogP contribution in [0.5, 0.6) is 0 Å². The van der Waals surface area contributed by atoms with E-state index in [0.717, 1.165) is 67.0 Å². The van der Waals surface area contributed by atoms with E-state index in [0.29, 0.717) is 5.56 Å². The number of nitrogens with zero attached hydrogens (tertiary/aromatic N) is 3. The first-order valence-electron chi connectivity index (χ1n) is 18.8. The second-order valence-electron chi connectivity index (χ2n) is 13.9. The third-order valence-electron chi connectivity index (χ3n) is 10.8. The second-order valence-corrected chi connectivity index (χ2v) is 13.9. The van der Waals surface area contributed by atoms with Gasteiger partial charge in [0.2, 0.25) is 0 Å². The largest absolute Gasteiger partial charge is 1.00 e. The average Bonchev–Trinajstić information content (AvgIpc) is 3.94. The summed E-state index contributed by atoms with van der Waals surface area (Å²) in [7, 11) is 0. The molecule has 10 aromatic rings.